The zero-order valence-corrected chi connectivity index (χ0v) is 15.8. The Hall–Kier alpha value is -2.40. The van der Waals surface area contributed by atoms with Crippen molar-refractivity contribution >= 4 is 0 Å². The number of aromatic hydroxyl groups is 1. The van der Waals surface area contributed by atoms with Crippen molar-refractivity contribution in [2.75, 3.05) is 34.4 Å². The van der Waals surface area contributed by atoms with Crippen molar-refractivity contribution < 1.29 is 19.3 Å². The number of phenols is 1. The lowest BCUT2D eigenvalue weighted by molar-refractivity contribution is 0.191. The molecule has 0 aromatic heterocycles. The predicted octanol–water partition coefficient (Wildman–Crippen LogP) is 3.56. The number of fused-ring (bicyclic) bond motifs is 2. The van der Waals surface area contributed by atoms with Gasteiger partial charge in [-0.25, -0.2) is 0 Å². The van der Waals surface area contributed by atoms with Crippen LogP contribution >= 0.6 is 0 Å². The second-order valence-corrected chi connectivity index (χ2v) is 6.84. The van der Waals surface area contributed by atoms with Gasteiger partial charge < -0.3 is 19.3 Å². The van der Waals surface area contributed by atoms with Crippen molar-refractivity contribution in [3.05, 3.63) is 34.9 Å². The lowest BCUT2D eigenvalue weighted by Crippen LogP contribution is -2.38. The Morgan fingerprint density at radius 2 is 1.65 bits per heavy atom. The quantitative estimate of drug-likeness (QED) is 0.909. The summed E-state index contributed by atoms with van der Waals surface area (Å²) in [7, 11) is 4.89. The second kappa shape index (κ2) is 6.40. The number of likely N-dealkylation sites (N-methyl/N-ethyl adjacent to an activating group) is 1. The lowest BCUT2D eigenvalue weighted by Gasteiger charge is -2.41. The summed E-state index contributed by atoms with van der Waals surface area (Å²) in [5, 5.41) is 11.0. The van der Waals surface area contributed by atoms with E-state index in [9.17, 15) is 5.11 Å². The number of phenolic OH excluding ortho intramolecular Hbond substituents is 1. The fourth-order valence-corrected chi connectivity index (χ4v) is 4.47. The summed E-state index contributed by atoms with van der Waals surface area (Å²) in [6.45, 7) is 4.20. The van der Waals surface area contributed by atoms with Crippen LogP contribution in [0.2, 0.25) is 0 Å². The average Bonchev–Trinajstić information content (AvgIpc) is 2.68. The first-order chi connectivity index (χ1) is 12.6. The molecule has 0 fully saturated rings. The van der Waals surface area contributed by atoms with E-state index in [1.165, 1.54) is 11.1 Å². The number of nitrogens with zero attached hydrogens (tertiary/aromatic N) is 1. The van der Waals surface area contributed by atoms with E-state index >= 15 is 0 Å². The third kappa shape index (κ3) is 2.34. The summed E-state index contributed by atoms with van der Waals surface area (Å²) in [4.78, 5) is 2.48. The molecule has 1 unspecified atom stereocenters. The maximum absolute atomic E-state index is 11.0. The van der Waals surface area contributed by atoms with E-state index in [0.717, 1.165) is 48.4 Å². The van der Waals surface area contributed by atoms with E-state index in [2.05, 4.69) is 11.8 Å². The topological polar surface area (TPSA) is 51.2 Å². The van der Waals surface area contributed by atoms with Gasteiger partial charge in [0.1, 0.15) is 0 Å². The zero-order chi connectivity index (χ0) is 18.4. The predicted molar refractivity (Wildman–Crippen MR) is 101 cm³/mol. The molecule has 138 valence electrons. The summed E-state index contributed by atoms with van der Waals surface area (Å²) < 4.78 is 16.5. The van der Waals surface area contributed by atoms with E-state index in [-0.39, 0.29) is 11.8 Å². The SMILES string of the molecule is CCN1CCc2cc(OC)c(O)c3c2C1Cc1cc(OC)c(OC)cc1-3. The molecule has 26 heavy (non-hydrogen) atoms. The van der Waals surface area contributed by atoms with Gasteiger partial charge in [-0.2, -0.15) is 0 Å². The molecule has 0 saturated heterocycles. The van der Waals surface area contributed by atoms with Gasteiger partial charge >= 0.3 is 0 Å². The molecular weight excluding hydrogens is 330 g/mol. The van der Waals surface area contributed by atoms with Crippen LogP contribution in [-0.4, -0.2) is 44.4 Å². The third-order valence-corrected chi connectivity index (χ3v) is 5.75. The van der Waals surface area contributed by atoms with Crippen molar-refractivity contribution in [3.8, 4) is 34.1 Å². The Kier molecular flexibility index (Phi) is 4.19. The first-order valence-electron chi connectivity index (χ1n) is 9.04. The van der Waals surface area contributed by atoms with E-state index < -0.39 is 0 Å². The highest BCUT2D eigenvalue weighted by atomic mass is 16.5. The molecule has 1 atom stereocenters. The van der Waals surface area contributed by atoms with Crippen LogP contribution in [-0.2, 0) is 12.8 Å². The fraction of sp³-hybridized carbons (Fsp3) is 0.429. The van der Waals surface area contributed by atoms with Crippen molar-refractivity contribution in [2.24, 2.45) is 0 Å². The minimum Gasteiger partial charge on any atom is -0.504 e. The number of methoxy groups -OCH3 is 3. The zero-order valence-electron chi connectivity index (χ0n) is 15.8. The Bertz CT molecular complexity index is 862. The Labute approximate surface area is 154 Å². The minimum atomic E-state index is 0.211. The van der Waals surface area contributed by atoms with E-state index in [1.807, 2.05) is 18.2 Å². The Morgan fingerprint density at radius 3 is 2.31 bits per heavy atom. The van der Waals surface area contributed by atoms with Crippen LogP contribution in [0.25, 0.3) is 11.1 Å². The number of hydrogen-bond acceptors (Lipinski definition) is 5. The minimum absolute atomic E-state index is 0.211. The summed E-state index contributed by atoms with van der Waals surface area (Å²) in [6, 6.07) is 6.28. The van der Waals surface area contributed by atoms with Gasteiger partial charge in [0.15, 0.2) is 23.0 Å². The smallest absolute Gasteiger partial charge is 0.166 e. The molecule has 0 bridgehead atoms. The first-order valence-corrected chi connectivity index (χ1v) is 9.04. The van der Waals surface area contributed by atoms with E-state index in [4.69, 9.17) is 14.2 Å². The molecule has 0 amide bonds. The van der Waals surface area contributed by atoms with Gasteiger partial charge in [0.25, 0.3) is 0 Å². The summed E-state index contributed by atoms with van der Waals surface area (Å²) >= 11 is 0. The fourth-order valence-electron chi connectivity index (χ4n) is 4.47. The van der Waals surface area contributed by atoms with Gasteiger partial charge in [-0.3, -0.25) is 4.90 Å². The van der Waals surface area contributed by atoms with Crippen LogP contribution < -0.4 is 14.2 Å². The highest BCUT2D eigenvalue weighted by molar-refractivity contribution is 5.84. The van der Waals surface area contributed by atoms with Crippen LogP contribution in [0.15, 0.2) is 18.2 Å². The Balaban J connectivity index is 2.03. The van der Waals surface area contributed by atoms with Gasteiger partial charge in [-0.15, -0.1) is 0 Å². The first kappa shape index (κ1) is 17.0. The monoisotopic (exact) mass is 355 g/mol. The van der Waals surface area contributed by atoms with Crippen LogP contribution in [0, 0.1) is 0 Å². The average molecular weight is 355 g/mol. The van der Waals surface area contributed by atoms with Gasteiger partial charge in [-0.05, 0) is 59.8 Å². The maximum atomic E-state index is 11.0. The third-order valence-electron chi connectivity index (χ3n) is 5.75. The number of hydrogen-bond donors (Lipinski definition) is 1. The second-order valence-electron chi connectivity index (χ2n) is 6.84. The molecule has 2 aromatic rings. The highest BCUT2D eigenvalue weighted by Gasteiger charge is 2.37. The number of ether oxygens (including phenoxy) is 3. The molecule has 0 radical (unpaired) electrons. The number of rotatable bonds is 4. The molecule has 2 aromatic carbocycles. The van der Waals surface area contributed by atoms with Crippen molar-refractivity contribution in [1.29, 1.82) is 0 Å². The molecule has 1 aliphatic carbocycles. The van der Waals surface area contributed by atoms with Gasteiger partial charge in [0.05, 0.1) is 21.3 Å². The van der Waals surface area contributed by atoms with Crippen molar-refractivity contribution in [3.63, 3.8) is 0 Å². The van der Waals surface area contributed by atoms with Crippen LogP contribution in [0.1, 0.15) is 29.7 Å². The molecule has 0 spiro atoms. The van der Waals surface area contributed by atoms with E-state index in [1.54, 1.807) is 21.3 Å². The molecule has 4 rings (SSSR count). The van der Waals surface area contributed by atoms with Crippen LogP contribution in [0.4, 0.5) is 0 Å². The normalized spacial score (nSPS) is 18.1. The summed E-state index contributed by atoms with van der Waals surface area (Å²) in [5.41, 5.74) is 5.55. The molecule has 0 saturated carbocycles. The standard InChI is InChI=1S/C21H25NO4/c1-5-22-7-6-12-9-18(26-4)21(23)20-14-11-17(25-3)16(24-2)10-13(14)8-15(22)19(12)20/h9-11,15,23H,5-8H2,1-4H3. The summed E-state index contributed by atoms with van der Waals surface area (Å²) in [6.07, 6.45) is 1.86. The van der Waals surface area contributed by atoms with Crippen molar-refractivity contribution in [1.82, 2.24) is 4.90 Å². The largest absolute Gasteiger partial charge is 0.504 e. The molecule has 1 heterocycles. The molecule has 5 nitrogen and oxygen atoms in total. The number of benzene rings is 2. The highest BCUT2D eigenvalue weighted by Crippen LogP contribution is 2.53. The van der Waals surface area contributed by atoms with Gasteiger partial charge in [0, 0.05) is 18.2 Å². The maximum Gasteiger partial charge on any atom is 0.166 e. The van der Waals surface area contributed by atoms with E-state index in [0.29, 0.717) is 11.5 Å². The molecule has 1 aliphatic heterocycles. The molecule has 1 N–H and O–H groups in total. The lowest BCUT2D eigenvalue weighted by atomic mass is 9.76. The van der Waals surface area contributed by atoms with Crippen LogP contribution in [0.3, 0.4) is 0 Å². The Morgan fingerprint density at radius 1 is 1.00 bits per heavy atom. The van der Waals surface area contributed by atoms with Gasteiger partial charge in [0.2, 0.25) is 0 Å². The molecule has 5 heteroatoms. The summed E-state index contributed by atoms with van der Waals surface area (Å²) in [5.74, 6) is 2.13. The molecular formula is C21H25NO4. The van der Waals surface area contributed by atoms with Crippen LogP contribution in [0.5, 0.6) is 23.0 Å². The van der Waals surface area contributed by atoms with Crippen molar-refractivity contribution in [2.45, 2.75) is 25.8 Å². The van der Waals surface area contributed by atoms with Gasteiger partial charge in [-0.1, -0.05) is 6.92 Å². The molecule has 2 aliphatic rings.